The second kappa shape index (κ2) is 7.07. The number of aromatic nitrogens is 1. The van der Waals surface area contributed by atoms with Gasteiger partial charge in [0.25, 0.3) is 5.56 Å². The Morgan fingerprint density at radius 2 is 1.92 bits per heavy atom. The molecule has 1 aromatic heterocycles. The van der Waals surface area contributed by atoms with E-state index in [1.165, 1.54) is 0 Å². The molecule has 3 rings (SSSR count). The number of likely N-dealkylation sites (tertiary alicyclic amines) is 1. The number of pyridine rings is 1. The Hall–Kier alpha value is -1.66. The highest BCUT2D eigenvalue weighted by molar-refractivity contribution is 5.73. The topological polar surface area (TPSA) is 48.8 Å². The molecule has 132 valence electrons. The van der Waals surface area contributed by atoms with Gasteiger partial charge in [0, 0.05) is 78.1 Å². The fourth-order valence-electron chi connectivity index (χ4n) is 3.97. The van der Waals surface area contributed by atoms with Crippen molar-refractivity contribution in [1.82, 2.24) is 19.3 Å². The summed E-state index contributed by atoms with van der Waals surface area (Å²) in [5.41, 5.74) is 1.14. The first kappa shape index (κ1) is 17.2. The first-order chi connectivity index (χ1) is 11.4. The number of carbonyl (C=O) groups is 1. The van der Waals surface area contributed by atoms with E-state index in [4.69, 9.17) is 0 Å². The Balaban J connectivity index is 1.57. The van der Waals surface area contributed by atoms with Crippen LogP contribution in [0.25, 0.3) is 0 Å². The van der Waals surface area contributed by atoms with Gasteiger partial charge in [0.15, 0.2) is 0 Å². The summed E-state index contributed by atoms with van der Waals surface area (Å²) < 4.78 is 1.60. The van der Waals surface area contributed by atoms with Crippen molar-refractivity contribution in [2.75, 3.05) is 39.3 Å². The highest BCUT2D eigenvalue weighted by Crippen LogP contribution is 2.24. The third kappa shape index (κ3) is 3.70. The van der Waals surface area contributed by atoms with Crippen molar-refractivity contribution in [3.05, 3.63) is 34.2 Å². The molecule has 6 heteroatoms. The van der Waals surface area contributed by atoms with Crippen LogP contribution in [0.3, 0.4) is 0 Å². The SMILES string of the molecule is CC(=O)N1CCN(C2CN(Cc3ccn(C)c(=O)c3)CC2C)CC1. The second-order valence-corrected chi connectivity index (χ2v) is 7.26. The van der Waals surface area contributed by atoms with Gasteiger partial charge in [-0.05, 0) is 17.5 Å². The van der Waals surface area contributed by atoms with Crippen LogP contribution < -0.4 is 5.56 Å². The summed E-state index contributed by atoms with van der Waals surface area (Å²) in [5, 5.41) is 0. The van der Waals surface area contributed by atoms with Crippen LogP contribution in [-0.4, -0.2) is 70.5 Å². The molecule has 2 atom stereocenters. The average Bonchev–Trinajstić information content (AvgIpc) is 2.91. The molecule has 0 bridgehead atoms. The first-order valence-electron chi connectivity index (χ1n) is 8.81. The fourth-order valence-corrected chi connectivity index (χ4v) is 3.97. The molecule has 1 aromatic rings. The Morgan fingerprint density at radius 3 is 2.54 bits per heavy atom. The van der Waals surface area contributed by atoms with Crippen molar-refractivity contribution in [3.63, 3.8) is 0 Å². The maximum Gasteiger partial charge on any atom is 0.250 e. The molecule has 3 heterocycles. The van der Waals surface area contributed by atoms with Gasteiger partial charge in [-0.2, -0.15) is 0 Å². The van der Waals surface area contributed by atoms with Crippen molar-refractivity contribution < 1.29 is 4.79 Å². The third-order valence-electron chi connectivity index (χ3n) is 5.45. The van der Waals surface area contributed by atoms with Crippen LogP contribution >= 0.6 is 0 Å². The van der Waals surface area contributed by atoms with Crippen molar-refractivity contribution in [3.8, 4) is 0 Å². The van der Waals surface area contributed by atoms with E-state index in [2.05, 4.69) is 16.7 Å². The molecule has 0 aliphatic carbocycles. The van der Waals surface area contributed by atoms with Gasteiger partial charge in [-0.25, -0.2) is 0 Å². The zero-order chi connectivity index (χ0) is 17.3. The molecule has 0 saturated carbocycles. The number of nitrogens with zero attached hydrogens (tertiary/aromatic N) is 4. The van der Waals surface area contributed by atoms with Gasteiger partial charge in [-0.1, -0.05) is 6.92 Å². The fraction of sp³-hybridized carbons (Fsp3) is 0.667. The normalized spacial score (nSPS) is 26.0. The molecule has 0 radical (unpaired) electrons. The summed E-state index contributed by atoms with van der Waals surface area (Å²) in [7, 11) is 1.78. The van der Waals surface area contributed by atoms with Crippen LogP contribution in [0.5, 0.6) is 0 Å². The summed E-state index contributed by atoms with van der Waals surface area (Å²) >= 11 is 0. The van der Waals surface area contributed by atoms with E-state index in [1.807, 2.05) is 17.2 Å². The number of piperazine rings is 1. The molecule has 2 aliphatic rings. The van der Waals surface area contributed by atoms with Gasteiger partial charge >= 0.3 is 0 Å². The number of rotatable bonds is 3. The van der Waals surface area contributed by atoms with Crippen LogP contribution in [0.1, 0.15) is 19.4 Å². The molecule has 1 amide bonds. The van der Waals surface area contributed by atoms with Crippen molar-refractivity contribution in [1.29, 1.82) is 0 Å². The lowest BCUT2D eigenvalue weighted by atomic mass is 10.0. The van der Waals surface area contributed by atoms with Gasteiger partial charge < -0.3 is 9.47 Å². The summed E-state index contributed by atoms with van der Waals surface area (Å²) in [6.07, 6.45) is 1.84. The van der Waals surface area contributed by atoms with Gasteiger partial charge in [-0.3, -0.25) is 19.4 Å². The molecule has 0 aromatic carbocycles. The van der Waals surface area contributed by atoms with Crippen molar-refractivity contribution >= 4 is 5.91 Å². The van der Waals surface area contributed by atoms with Crippen LogP contribution in [0, 0.1) is 5.92 Å². The van der Waals surface area contributed by atoms with E-state index in [1.54, 1.807) is 24.6 Å². The molecule has 0 N–H and O–H groups in total. The Bertz CT molecular complexity index is 649. The molecule has 2 saturated heterocycles. The van der Waals surface area contributed by atoms with Crippen LogP contribution in [0.15, 0.2) is 23.1 Å². The van der Waals surface area contributed by atoms with Crippen molar-refractivity contribution in [2.45, 2.75) is 26.4 Å². The van der Waals surface area contributed by atoms with E-state index >= 15 is 0 Å². The van der Waals surface area contributed by atoms with Crippen LogP contribution in [0.4, 0.5) is 0 Å². The van der Waals surface area contributed by atoms with Gasteiger partial charge in [0.05, 0.1) is 0 Å². The van der Waals surface area contributed by atoms with Gasteiger partial charge in [0.1, 0.15) is 0 Å². The standard InChI is InChI=1S/C18H28N4O2/c1-14-11-20(12-16-4-5-19(3)18(24)10-16)13-17(14)22-8-6-21(7-9-22)15(2)23/h4-5,10,14,17H,6-9,11-13H2,1-3H3. The highest BCUT2D eigenvalue weighted by atomic mass is 16.2. The van der Waals surface area contributed by atoms with E-state index in [9.17, 15) is 9.59 Å². The molecular formula is C18H28N4O2. The van der Waals surface area contributed by atoms with E-state index in [0.717, 1.165) is 51.4 Å². The highest BCUT2D eigenvalue weighted by Gasteiger charge is 2.35. The summed E-state index contributed by atoms with van der Waals surface area (Å²) in [6.45, 7) is 10.5. The second-order valence-electron chi connectivity index (χ2n) is 7.26. The molecular weight excluding hydrogens is 304 g/mol. The van der Waals surface area contributed by atoms with E-state index in [-0.39, 0.29) is 11.5 Å². The molecule has 2 unspecified atom stereocenters. The average molecular weight is 332 g/mol. The summed E-state index contributed by atoms with van der Waals surface area (Å²) in [4.78, 5) is 30.2. The summed E-state index contributed by atoms with van der Waals surface area (Å²) in [6, 6.07) is 4.32. The molecule has 24 heavy (non-hydrogen) atoms. The maximum atomic E-state index is 11.8. The lowest BCUT2D eigenvalue weighted by Gasteiger charge is -2.39. The molecule has 2 fully saturated rings. The Morgan fingerprint density at radius 1 is 1.21 bits per heavy atom. The largest absolute Gasteiger partial charge is 0.340 e. The van der Waals surface area contributed by atoms with Crippen LogP contribution in [-0.2, 0) is 18.4 Å². The third-order valence-corrected chi connectivity index (χ3v) is 5.45. The Labute approximate surface area is 143 Å². The molecule has 2 aliphatic heterocycles. The number of aryl methyl sites for hydroxylation is 1. The number of carbonyl (C=O) groups excluding carboxylic acids is 1. The summed E-state index contributed by atoms with van der Waals surface area (Å²) in [5.74, 6) is 0.793. The minimum absolute atomic E-state index is 0.0525. The smallest absolute Gasteiger partial charge is 0.250 e. The van der Waals surface area contributed by atoms with E-state index in [0.29, 0.717) is 12.0 Å². The lowest BCUT2D eigenvalue weighted by Crippen LogP contribution is -2.53. The predicted molar refractivity (Wildman–Crippen MR) is 93.7 cm³/mol. The predicted octanol–water partition coefficient (Wildman–Crippen LogP) is 0.370. The van der Waals surface area contributed by atoms with Gasteiger partial charge in [0.2, 0.25) is 5.91 Å². The van der Waals surface area contributed by atoms with Gasteiger partial charge in [-0.15, -0.1) is 0 Å². The molecule has 6 nitrogen and oxygen atoms in total. The number of hydrogen-bond donors (Lipinski definition) is 0. The number of hydrogen-bond acceptors (Lipinski definition) is 4. The zero-order valence-electron chi connectivity index (χ0n) is 14.9. The minimum Gasteiger partial charge on any atom is -0.340 e. The van der Waals surface area contributed by atoms with Crippen LogP contribution in [0.2, 0.25) is 0 Å². The monoisotopic (exact) mass is 332 g/mol. The maximum absolute atomic E-state index is 11.8. The Kier molecular flexibility index (Phi) is 5.06. The molecule has 0 spiro atoms. The number of amides is 1. The zero-order valence-corrected chi connectivity index (χ0v) is 14.9. The lowest BCUT2D eigenvalue weighted by molar-refractivity contribution is -0.130. The quantitative estimate of drug-likeness (QED) is 0.802. The first-order valence-corrected chi connectivity index (χ1v) is 8.81. The van der Waals surface area contributed by atoms with Crippen molar-refractivity contribution in [2.24, 2.45) is 13.0 Å². The minimum atomic E-state index is 0.0525. The van der Waals surface area contributed by atoms with E-state index < -0.39 is 0 Å².